The first-order valence-electron chi connectivity index (χ1n) is 11.1. The molecule has 4 rings (SSSR count). The zero-order valence-electron chi connectivity index (χ0n) is 17.7. The van der Waals surface area contributed by atoms with Gasteiger partial charge in [-0.25, -0.2) is 0 Å². The average molecular weight is 485 g/mol. The maximum absolute atomic E-state index is 13.2. The molecule has 1 atom stereocenters. The second-order valence-corrected chi connectivity index (χ2v) is 9.28. The third kappa shape index (κ3) is 5.52. The van der Waals surface area contributed by atoms with Crippen LogP contribution in [0.15, 0.2) is 53.1 Å². The molecule has 1 N–H and O–H groups in total. The van der Waals surface area contributed by atoms with Gasteiger partial charge in [-0.3, -0.25) is 19.5 Å². The van der Waals surface area contributed by atoms with Crippen LogP contribution in [0.1, 0.15) is 41.7 Å². The highest BCUT2D eigenvalue weighted by Crippen LogP contribution is 2.31. The highest BCUT2D eigenvalue weighted by molar-refractivity contribution is 9.10. The molecule has 1 aromatic carbocycles. The minimum absolute atomic E-state index is 0.0537. The summed E-state index contributed by atoms with van der Waals surface area (Å²) in [6.07, 6.45) is 6.32. The van der Waals surface area contributed by atoms with Gasteiger partial charge in [-0.2, -0.15) is 0 Å². The Labute approximate surface area is 192 Å². The number of pyridine rings is 1. The lowest BCUT2D eigenvalue weighted by molar-refractivity contribution is -0.129. The molecule has 0 bridgehead atoms. The third-order valence-corrected chi connectivity index (χ3v) is 6.84. The van der Waals surface area contributed by atoms with Gasteiger partial charge in [-0.1, -0.05) is 40.9 Å². The summed E-state index contributed by atoms with van der Waals surface area (Å²) in [6.45, 7) is 3.17. The van der Waals surface area contributed by atoms with Crippen molar-refractivity contribution < 1.29 is 9.59 Å². The van der Waals surface area contributed by atoms with Gasteiger partial charge in [-0.05, 0) is 49.1 Å². The summed E-state index contributed by atoms with van der Waals surface area (Å²) in [5.41, 5.74) is 1.56. The van der Waals surface area contributed by atoms with Crippen molar-refractivity contribution in [2.45, 2.75) is 38.3 Å². The molecule has 2 amide bonds. The maximum atomic E-state index is 13.2. The van der Waals surface area contributed by atoms with Crippen LogP contribution in [0.5, 0.6) is 0 Å². The first kappa shape index (κ1) is 22.0. The largest absolute Gasteiger partial charge is 0.349 e. The van der Waals surface area contributed by atoms with E-state index in [2.05, 4.69) is 31.1 Å². The predicted octanol–water partition coefficient (Wildman–Crippen LogP) is 3.48. The van der Waals surface area contributed by atoms with Crippen molar-refractivity contribution in [1.29, 1.82) is 0 Å². The Morgan fingerprint density at radius 2 is 1.84 bits per heavy atom. The van der Waals surface area contributed by atoms with Gasteiger partial charge in [0.2, 0.25) is 5.91 Å². The Kier molecular flexibility index (Phi) is 7.35. The van der Waals surface area contributed by atoms with Crippen LogP contribution in [0.2, 0.25) is 0 Å². The van der Waals surface area contributed by atoms with Gasteiger partial charge in [0.25, 0.3) is 5.91 Å². The molecule has 2 heterocycles. The molecule has 2 aromatic rings. The standard InChI is InChI=1S/C24H29BrN4O2/c25-20-9-5-8-19(16-20)24(31)29-14-12-28(13-15-29)22(18-6-1-2-7-18)23(30)27-17-21-10-3-4-11-26-21/h3-5,8-11,16,18,22H,1-2,6-7,12-15,17H2,(H,27,30). The number of hydrogen-bond acceptors (Lipinski definition) is 4. The van der Waals surface area contributed by atoms with Crippen molar-refractivity contribution in [1.82, 2.24) is 20.1 Å². The lowest BCUT2D eigenvalue weighted by Crippen LogP contribution is -2.57. The summed E-state index contributed by atoms with van der Waals surface area (Å²) in [5, 5.41) is 3.11. The van der Waals surface area contributed by atoms with E-state index in [1.54, 1.807) is 6.20 Å². The number of amides is 2. The lowest BCUT2D eigenvalue weighted by atomic mass is 9.95. The van der Waals surface area contributed by atoms with Gasteiger partial charge in [-0.15, -0.1) is 0 Å². The Hall–Kier alpha value is -2.25. The average Bonchev–Trinajstić information content (AvgIpc) is 3.33. The van der Waals surface area contributed by atoms with Crippen LogP contribution in [0.25, 0.3) is 0 Å². The van der Waals surface area contributed by atoms with E-state index in [-0.39, 0.29) is 17.9 Å². The van der Waals surface area contributed by atoms with Crippen LogP contribution >= 0.6 is 15.9 Å². The molecule has 2 aliphatic rings. The molecule has 1 saturated carbocycles. The molecule has 6 nitrogen and oxygen atoms in total. The zero-order valence-corrected chi connectivity index (χ0v) is 19.3. The highest BCUT2D eigenvalue weighted by atomic mass is 79.9. The summed E-state index contributed by atoms with van der Waals surface area (Å²) in [7, 11) is 0. The third-order valence-electron chi connectivity index (χ3n) is 6.35. The fourth-order valence-electron chi connectivity index (χ4n) is 4.74. The van der Waals surface area contributed by atoms with Gasteiger partial charge < -0.3 is 10.2 Å². The fourth-order valence-corrected chi connectivity index (χ4v) is 5.14. The van der Waals surface area contributed by atoms with E-state index < -0.39 is 0 Å². The minimum atomic E-state index is -0.130. The Morgan fingerprint density at radius 3 is 2.52 bits per heavy atom. The van der Waals surface area contributed by atoms with Crippen LogP contribution in [-0.4, -0.2) is 58.8 Å². The van der Waals surface area contributed by atoms with Gasteiger partial charge in [0.15, 0.2) is 0 Å². The first-order valence-corrected chi connectivity index (χ1v) is 11.9. The first-order chi connectivity index (χ1) is 15.1. The van der Waals surface area contributed by atoms with Crippen molar-refractivity contribution >= 4 is 27.7 Å². The van der Waals surface area contributed by atoms with E-state index in [0.29, 0.717) is 31.1 Å². The van der Waals surface area contributed by atoms with Crippen LogP contribution in [0.3, 0.4) is 0 Å². The molecule has 1 aliphatic heterocycles. The van der Waals surface area contributed by atoms with Crippen molar-refractivity contribution in [3.63, 3.8) is 0 Å². The van der Waals surface area contributed by atoms with Gasteiger partial charge >= 0.3 is 0 Å². The molecular weight excluding hydrogens is 456 g/mol. The van der Waals surface area contributed by atoms with Crippen molar-refractivity contribution in [3.05, 3.63) is 64.4 Å². The Balaban J connectivity index is 1.39. The summed E-state index contributed by atoms with van der Waals surface area (Å²) in [6, 6.07) is 13.1. The number of nitrogens with zero attached hydrogens (tertiary/aromatic N) is 3. The van der Waals surface area contributed by atoms with Gasteiger partial charge in [0, 0.05) is 42.4 Å². The smallest absolute Gasteiger partial charge is 0.253 e. The number of rotatable bonds is 6. The monoisotopic (exact) mass is 484 g/mol. The van der Waals surface area contributed by atoms with Gasteiger partial charge in [0.1, 0.15) is 0 Å². The predicted molar refractivity (Wildman–Crippen MR) is 123 cm³/mol. The lowest BCUT2D eigenvalue weighted by Gasteiger charge is -2.40. The van der Waals surface area contributed by atoms with E-state index in [0.717, 1.165) is 36.1 Å². The van der Waals surface area contributed by atoms with Crippen molar-refractivity contribution in [2.75, 3.05) is 26.2 Å². The number of piperazine rings is 1. The maximum Gasteiger partial charge on any atom is 0.253 e. The molecule has 1 saturated heterocycles. The number of benzene rings is 1. The molecule has 164 valence electrons. The number of carbonyl (C=O) groups is 2. The summed E-state index contributed by atoms with van der Waals surface area (Å²) in [5.74, 6) is 0.526. The Bertz CT molecular complexity index is 893. The van der Waals surface area contributed by atoms with Crippen LogP contribution in [0, 0.1) is 5.92 Å². The number of carbonyl (C=O) groups excluding carboxylic acids is 2. The number of hydrogen-bond donors (Lipinski definition) is 1. The van der Waals surface area contributed by atoms with E-state index >= 15 is 0 Å². The van der Waals surface area contributed by atoms with Crippen molar-refractivity contribution in [2.24, 2.45) is 5.92 Å². The second-order valence-electron chi connectivity index (χ2n) is 8.37. The molecule has 7 heteroatoms. The fraction of sp³-hybridized carbons (Fsp3) is 0.458. The Morgan fingerprint density at radius 1 is 1.06 bits per heavy atom. The molecule has 1 aliphatic carbocycles. The normalized spacial score (nSPS) is 18.7. The van der Waals surface area contributed by atoms with Crippen molar-refractivity contribution in [3.8, 4) is 0 Å². The molecule has 31 heavy (non-hydrogen) atoms. The summed E-state index contributed by atoms with van der Waals surface area (Å²) in [4.78, 5) is 34.6. The molecule has 2 fully saturated rings. The van der Waals surface area contributed by atoms with Crippen LogP contribution in [-0.2, 0) is 11.3 Å². The van der Waals surface area contributed by atoms with Crippen LogP contribution < -0.4 is 5.32 Å². The van der Waals surface area contributed by atoms with E-state index in [1.807, 2.05) is 47.4 Å². The zero-order chi connectivity index (χ0) is 21.6. The SMILES string of the molecule is O=C(NCc1ccccn1)C(C1CCCC1)N1CCN(C(=O)c2cccc(Br)c2)CC1. The van der Waals surface area contributed by atoms with E-state index in [9.17, 15) is 9.59 Å². The van der Waals surface area contributed by atoms with Gasteiger partial charge in [0.05, 0.1) is 18.3 Å². The molecular formula is C24H29BrN4O2. The quantitative estimate of drug-likeness (QED) is 0.681. The van der Waals surface area contributed by atoms with E-state index in [4.69, 9.17) is 0 Å². The molecule has 1 unspecified atom stereocenters. The molecule has 1 aromatic heterocycles. The molecule has 0 spiro atoms. The number of aromatic nitrogens is 1. The number of halogens is 1. The van der Waals surface area contributed by atoms with Crippen LogP contribution in [0.4, 0.5) is 0 Å². The van der Waals surface area contributed by atoms with E-state index in [1.165, 1.54) is 12.8 Å². The molecule has 0 radical (unpaired) electrons. The summed E-state index contributed by atoms with van der Waals surface area (Å²) < 4.78 is 0.905. The minimum Gasteiger partial charge on any atom is -0.349 e. The highest BCUT2D eigenvalue weighted by Gasteiger charge is 2.37. The number of nitrogens with one attached hydrogen (secondary N) is 1. The summed E-state index contributed by atoms with van der Waals surface area (Å²) >= 11 is 3.44. The topological polar surface area (TPSA) is 65.5 Å². The second kappa shape index (κ2) is 10.4.